The van der Waals surface area contributed by atoms with Gasteiger partial charge in [-0.2, -0.15) is 0 Å². The van der Waals surface area contributed by atoms with Crippen molar-refractivity contribution in [3.05, 3.63) is 23.8 Å². The summed E-state index contributed by atoms with van der Waals surface area (Å²) in [6.45, 7) is 0.0562. The zero-order valence-corrected chi connectivity index (χ0v) is 9.00. The van der Waals surface area contributed by atoms with Crippen molar-refractivity contribution in [3.63, 3.8) is 0 Å². The molecule has 16 heavy (non-hydrogen) atoms. The minimum Gasteiger partial charge on any atom is -0.496 e. The van der Waals surface area contributed by atoms with E-state index in [0.29, 0.717) is 17.6 Å². The van der Waals surface area contributed by atoms with Crippen molar-refractivity contribution < 1.29 is 23.0 Å². The van der Waals surface area contributed by atoms with Crippen LogP contribution in [-0.2, 0) is 0 Å². The Morgan fingerprint density at radius 3 is 2.62 bits per heavy atom. The fraction of sp³-hybridized carbons (Fsp3) is 0.364. The maximum atomic E-state index is 12.5. The fourth-order valence-corrected chi connectivity index (χ4v) is 1.09. The molecular weight excluding hydrogens is 218 g/mol. The summed E-state index contributed by atoms with van der Waals surface area (Å²) < 4.78 is 34.8. The maximum Gasteiger partial charge on any atom is 0.278 e. The van der Waals surface area contributed by atoms with Gasteiger partial charge in [0.05, 0.1) is 12.7 Å². The second-order valence-corrected chi connectivity index (χ2v) is 3.38. The van der Waals surface area contributed by atoms with Gasteiger partial charge in [0.2, 0.25) is 0 Å². The summed E-state index contributed by atoms with van der Waals surface area (Å²) >= 11 is 0. The van der Waals surface area contributed by atoms with Crippen LogP contribution in [-0.4, -0.2) is 25.9 Å². The second-order valence-electron chi connectivity index (χ2n) is 3.38. The van der Waals surface area contributed by atoms with Crippen molar-refractivity contribution in [1.82, 2.24) is 0 Å². The summed E-state index contributed by atoms with van der Waals surface area (Å²) in [5.41, 5.74) is 0.345. The molecule has 88 valence electrons. The average Bonchev–Trinajstić information content (AvgIpc) is 2.25. The van der Waals surface area contributed by atoms with Crippen molar-refractivity contribution >= 4 is 6.29 Å². The third-order valence-corrected chi connectivity index (χ3v) is 1.82. The van der Waals surface area contributed by atoms with Crippen LogP contribution in [0.25, 0.3) is 0 Å². The molecule has 0 N–H and O–H groups in total. The molecule has 0 bridgehead atoms. The lowest BCUT2D eigenvalue weighted by atomic mass is 10.2. The van der Waals surface area contributed by atoms with E-state index in [0.717, 1.165) is 6.92 Å². The van der Waals surface area contributed by atoms with Crippen LogP contribution in [0.15, 0.2) is 18.2 Å². The molecule has 0 aliphatic heterocycles. The summed E-state index contributed by atoms with van der Waals surface area (Å²) in [5, 5.41) is 0. The topological polar surface area (TPSA) is 35.5 Å². The molecule has 3 nitrogen and oxygen atoms in total. The van der Waals surface area contributed by atoms with Crippen molar-refractivity contribution in [2.75, 3.05) is 13.7 Å². The first kappa shape index (κ1) is 12.4. The van der Waals surface area contributed by atoms with Gasteiger partial charge >= 0.3 is 0 Å². The number of aldehydes is 1. The molecule has 0 saturated carbocycles. The van der Waals surface area contributed by atoms with E-state index in [2.05, 4.69) is 0 Å². The highest BCUT2D eigenvalue weighted by atomic mass is 19.3. The van der Waals surface area contributed by atoms with Crippen molar-refractivity contribution in [2.24, 2.45) is 0 Å². The largest absolute Gasteiger partial charge is 0.496 e. The highest BCUT2D eigenvalue weighted by Crippen LogP contribution is 2.24. The second kappa shape index (κ2) is 4.92. The molecule has 1 rings (SSSR count). The fourth-order valence-electron chi connectivity index (χ4n) is 1.09. The highest BCUT2D eigenvalue weighted by molar-refractivity contribution is 5.79. The molecule has 0 amide bonds. The minimum absolute atomic E-state index is 0.240. The maximum absolute atomic E-state index is 12.5. The summed E-state index contributed by atoms with van der Waals surface area (Å²) in [7, 11) is 1.39. The third kappa shape index (κ3) is 3.49. The lowest BCUT2D eigenvalue weighted by Crippen LogP contribution is -2.20. The Balaban J connectivity index is 2.79. The molecule has 0 saturated heterocycles. The van der Waals surface area contributed by atoms with E-state index < -0.39 is 12.5 Å². The molecule has 1 aromatic rings. The van der Waals surface area contributed by atoms with Crippen molar-refractivity contribution in [2.45, 2.75) is 12.8 Å². The van der Waals surface area contributed by atoms with Crippen molar-refractivity contribution in [3.8, 4) is 11.5 Å². The van der Waals surface area contributed by atoms with Crippen molar-refractivity contribution in [1.29, 1.82) is 0 Å². The molecule has 0 heterocycles. The van der Waals surface area contributed by atoms with Gasteiger partial charge < -0.3 is 9.47 Å². The molecule has 0 radical (unpaired) electrons. The van der Waals surface area contributed by atoms with Crippen LogP contribution in [0.3, 0.4) is 0 Å². The van der Waals surface area contributed by atoms with Gasteiger partial charge in [-0.3, -0.25) is 4.79 Å². The van der Waals surface area contributed by atoms with E-state index in [4.69, 9.17) is 9.47 Å². The summed E-state index contributed by atoms with van der Waals surface area (Å²) in [4.78, 5) is 10.6. The Kier molecular flexibility index (Phi) is 3.82. The van der Waals surface area contributed by atoms with Crippen LogP contribution >= 0.6 is 0 Å². The van der Waals surface area contributed by atoms with E-state index in [9.17, 15) is 13.6 Å². The van der Waals surface area contributed by atoms with Crippen LogP contribution in [0.2, 0.25) is 0 Å². The number of methoxy groups -OCH3 is 1. The molecule has 0 aliphatic carbocycles. The number of ether oxygens (including phenoxy) is 2. The molecule has 0 aliphatic rings. The van der Waals surface area contributed by atoms with Gasteiger partial charge in [-0.05, 0) is 12.1 Å². The van der Waals surface area contributed by atoms with Crippen LogP contribution < -0.4 is 9.47 Å². The number of alkyl halides is 2. The first-order chi connectivity index (χ1) is 7.46. The molecule has 5 heteroatoms. The zero-order chi connectivity index (χ0) is 12.2. The molecule has 0 aromatic heterocycles. The quantitative estimate of drug-likeness (QED) is 0.729. The van der Waals surface area contributed by atoms with Gasteiger partial charge in [0, 0.05) is 13.0 Å². The van der Waals surface area contributed by atoms with Gasteiger partial charge in [-0.1, -0.05) is 0 Å². The number of carbonyl (C=O) groups is 1. The Morgan fingerprint density at radius 2 is 2.12 bits per heavy atom. The SMILES string of the molecule is COc1cc(OCC(C)(F)F)ccc1C=O. The third-order valence-electron chi connectivity index (χ3n) is 1.82. The molecule has 0 unspecified atom stereocenters. The molecule has 1 aromatic carbocycles. The average molecular weight is 230 g/mol. The van der Waals surface area contributed by atoms with Crippen LogP contribution in [0, 0.1) is 0 Å². The smallest absolute Gasteiger partial charge is 0.278 e. The first-order valence-electron chi connectivity index (χ1n) is 4.60. The number of halogens is 2. The Labute approximate surface area is 92.0 Å². The number of hydrogen-bond donors (Lipinski definition) is 0. The van der Waals surface area contributed by atoms with E-state index in [-0.39, 0.29) is 5.75 Å². The Bertz CT molecular complexity index is 372. The van der Waals surface area contributed by atoms with Gasteiger partial charge in [0.1, 0.15) is 11.5 Å². The Morgan fingerprint density at radius 1 is 1.44 bits per heavy atom. The predicted octanol–water partition coefficient (Wildman–Crippen LogP) is 2.54. The zero-order valence-electron chi connectivity index (χ0n) is 9.00. The first-order valence-corrected chi connectivity index (χ1v) is 4.60. The number of benzene rings is 1. The normalized spacial score (nSPS) is 11.0. The summed E-state index contributed by atoms with van der Waals surface area (Å²) in [6, 6.07) is 4.29. The Hall–Kier alpha value is -1.65. The standard InChI is InChI=1S/C11H12F2O3/c1-11(12,13)7-16-9-4-3-8(6-14)10(5-9)15-2/h3-6H,7H2,1-2H3. The number of hydrogen-bond acceptors (Lipinski definition) is 3. The van der Waals surface area contributed by atoms with Gasteiger partial charge in [0.15, 0.2) is 12.9 Å². The van der Waals surface area contributed by atoms with Gasteiger partial charge in [-0.25, -0.2) is 8.78 Å². The summed E-state index contributed by atoms with van der Waals surface area (Å²) in [5.74, 6) is -2.35. The molecule has 0 fully saturated rings. The van der Waals surface area contributed by atoms with E-state index in [1.807, 2.05) is 0 Å². The van der Waals surface area contributed by atoms with E-state index in [1.54, 1.807) is 0 Å². The van der Waals surface area contributed by atoms with Crippen LogP contribution in [0.1, 0.15) is 17.3 Å². The van der Waals surface area contributed by atoms with Gasteiger partial charge in [-0.15, -0.1) is 0 Å². The van der Waals surface area contributed by atoms with Crippen LogP contribution in [0.5, 0.6) is 11.5 Å². The van der Waals surface area contributed by atoms with E-state index >= 15 is 0 Å². The van der Waals surface area contributed by atoms with Gasteiger partial charge in [0.25, 0.3) is 5.92 Å². The molecular formula is C11H12F2O3. The highest BCUT2D eigenvalue weighted by Gasteiger charge is 2.22. The van der Waals surface area contributed by atoms with E-state index in [1.165, 1.54) is 25.3 Å². The lowest BCUT2D eigenvalue weighted by molar-refractivity contribution is -0.0230. The molecule has 0 atom stereocenters. The number of rotatable bonds is 5. The lowest BCUT2D eigenvalue weighted by Gasteiger charge is -2.13. The minimum atomic E-state index is -2.89. The number of carbonyl (C=O) groups excluding carboxylic acids is 1. The monoisotopic (exact) mass is 230 g/mol. The summed E-state index contributed by atoms with van der Waals surface area (Å²) in [6.07, 6.45) is 0.622. The van der Waals surface area contributed by atoms with Crippen LogP contribution in [0.4, 0.5) is 8.78 Å². The molecule has 0 spiro atoms. The predicted molar refractivity (Wildman–Crippen MR) is 54.5 cm³/mol.